The molecule has 1 saturated heterocycles. The molecule has 0 radical (unpaired) electrons. The molecular weight excluding hydrogens is 593 g/mol. The van der Waals surface area contributed by atoms with E-state index in [-0.39, 0.29) is 12.3 Å². The van der Waals surface area contributed by atoms with Crippen molar-refractivity contribution in [2.24, 2.45) is 17.8 Å². The Hall–Kier alpha value is -2.64. The second kappa shape index (κ2) is 11.1. The highest BCUT2D eigenvalue weighted by Gasteiger charge is 2.62. The number of nitrogens with zero attached hydrogens (tertiary/aromatic N) is 1. The molecule has 3 N–H and O–H groups in total. The summed E-state index contributed by atoms with van der Waals surface area (Å²) >= 11 is 6.36. The van der Waals surface area contributed by atoms with E-state index in [1.165, 1.54) is 5.06 Å². The normalized spacial score (nSPS) is 37.0. The highest BCUT2D eigenvalue weighted by molar-refractivity contribution is 6.33. The van der Waals surface area contributed by atoms with Crippen LogP contribution in [0.15, 0.2) is 42.0 Å². The number of fused-ring (bicyclic) bond motifs is 4. The summed E-state index contributed by atoms with van der Waals surface area (Å²) in [7, 11) is 1.60. The molecule has 0 amide bonds. The molecule has 236 valence electrons. The van der Waals surface area contributed by atoms with Gasteiger partial charge < -0.3 is 19.7 Å². The van der Waals surface area contributed by atoms with E-state index in [1.807, 2.05) is 6.92 Å². The van der Waals surface area contributed by atoms with Crippen molar-refractivity contribution in [2.75, 3.05) is 12.1 Å². The number of hydrogen-bond donors (Lipinski definition) is 3. The predicted octanol–water partition coefficient (Wildman–Crippen LogP) is 4.30. The number of para-hydroxylation sites is 1. The van der Waals surface area contributed by atoms with Gasteiger partial charge in [-0.15, -0.1) is 0 Å². The number of esters is 2. The molecule has 1 aromatic carbocycles. The second-order valence-corrected chi connectivity index (χ2v) is 12.7. The molecule has 2 aliphatic heterocycles. The summed E-state index contributed by atoms with van der Waals surface area (Å²) in [4.78, 5) is 32.0. The molecule has 0 aromatic heterocycles. The highest BCUT2D eigenvalue weighted by Crippen LogP contribution is 2.53. The van der Waals surface area contributed by atoms with Crippen LogP contribution in [0.1, 0.15) is 52.0 Å². The summed E-state index contributed by atoms with van der Waals surface area (Å²) in [6.45, 7) is 9.22. The van der Waals surface area contributed by atoms with Gasteiger partial charge >= 0.3 is 18.1 Å². The number of alkyl halides is 3. The Morgan fingerprint density at radius 3 is 2.60 bits per heavy atom. The van der Waals surface area contributed by atoms with Crippen LogP contribution in [0.25, 0.3) is 0 Å². The topological polar surface area (TPSA) is 118 Å². The van der Waals surface area contributed by atoms with Crippen LogP contribution >= 0.6 is 11.6 Å². The maximum absolute atomic E-state index is 13.8. The first-order chi connectivity index (χ1) is 20.0. The molecular formula is C30H36ClF3N2O7. The van der Waals surface area contributed by atoms with Crippen LogP contribution in [0.5, 0.6) is 0 Å². The lowest BCUT2D eigenvalue weighted by atomic mass is 9.56. The molecule has 2 aliphatic carbocycles. The molecule has 2 heterocycles. The van der Waals surface area contributed by atoms with E-state index in [0.717, 1.165) is 5.57 Å². The molecule has 1 saturated carbocycles. The Bertz CT molecular complexity index is 1360. The van der Waals surface area contributed by atoms with Gasteiger partial charge in [-0.1, -0.05) is 48.9 Å². The molecule has 2 fully saturated rings. The fourth-order valence-corrected chi connectivity index (χ4v) is 7.50. The van der Waals surface area contributed by atoms with Gasteiger partial charge in [-0.25, -0.2) is 0 Å². The standard InChI is InChI=1S/C30H36ClF3N2O7/c1-14(2)17-10-9-16(4)30(40)19(17)11-15(3)24(41-22(37)13-29(32,33)34)25(30)42-26(38)21-12-28(39)18-7-6-8-20(31)23(18)36(5)43-27(28)35-21/h6-8,11,16-17,19,21,24-25,27,35,39-40H,1,9-10,12-13H2,2-5H3/t16-,17+,19-,21+,24-,25+,27-,28-,30-/m1/s1. The summed E-state index contributed by atoms with van der Waals surface area (Å²) in [5, 5.41) is 28.7. The molecule has 0 unspecified atom stereocenters. The smallest absolute Gasteiger partial charge is 0.399 e. The van der Waals surface area contributed by atoms with Crippen molar-refractivity contribution in [2.45, 2.75) is 88.3 Å². The van der Waals surface area contributed by atoms with E-state index < -0.39 is 72.1 Å². The van der Waals surface area contributed by atoms with E-state index in [1.54, 1.807) is 45.2 Å². The van der Waals surface area contributed by atoms with Crippen LogP contribution in [0.2, 0.25) is 5.02 Å². The van der Waals surface area contributed by atoms with Gasteiger partial charge in [0.25, 0.3) is 0 Å². The van der Waals surface area contributed by atoms with E-state index in [0.29, 0.717) is 34.7 Å². The van der Waals surface area contributed by atoms with Crippen molar-refractivity contribution in [3.63, 3.8) is 0 Å². The fraction of sp³-hybridized carbons (Fsp3) is 0.600. The van der Waals surface area contributed by atoms with E-state index >= 15 is 0 Å². The third-order valence-electron chi connectivity index (χ3n) is 9.39. The largest absolute Gasteiger partial charge is 0.454 e. The minimum Gasteiger partial charge on any atom is -0.454 e. The van der Waals surface area contributed by atoms with Gasteiger partial charge in [0.15, 0.2) is 18.4 Å². The molecule has 13 heteroatoms. The second-order valence-electron chi connectivity index (χ2n) is 12.3. The summed E-state index contributed by atoms with van der Waals surface area (Å²) in [6, 6.07) is 3.82. The van der Waals surface area contributed by atoms with Gasteiger partial charge in [0.05, 0.1) is 10.7 Å². The van der Waals surface area contributed by atoms with E-state index in [2.05, 4.69) is 11.9 Å². The Morgan fingerprint density at radius 2 is 1.95 bits per heavy atom. The lowest BCUT2D eigenvalue weighted by Gasteiger charge is -2.55. The fourth-order valence-electron chi connectivity index (χ4n) is 7.20. The van der Waals surface area contributed by atoms with Crippen LogP contribution < -0.4 is 10.4 Å². The Kier molecular flexibility index (Phi) is 8.17. The Balaban J connectivity index is 1.48. The average Bonchev–Trinajstić information content (AvgIpc) is 3.24. The van der Waals surface area contributed by atoms with E-state index in [9.17, 15) is 33.0 Å². The van der Waals surface area contributed by atoms with Crippen LogP contribution in [0.3, 0.4) is 0 Å². The van der Waals surface area contributed by atoms with Crippen LogP contribution in [0.4, 0.5) is 18.9 Å². The molecule has 0 bridgehead atoms. The lowest BCUT2D eigenvalue weighted by Crippen LogP contribution is -2.66. The molecule has 0 spiro atoms. The number of allylic oxidation sites excluding steroid dienone is 1. The number of halogens is 4. The number of hydrogen-bond acceptors (Lipinski definition) is 9. The van der Waals surface area contributed by atoms with Crippen molar-refractivity contribution in [3.05, 3.63) is 52.6 Å². The van der Waals surface area contributed by atoms with Crippen molar-refractivity contribution in [1.29, 1.82) is 0 Å². The van der Waals surface area contributed by atoms with Crippen molar-refractivity contribution >= 4 is 29.2 Å². The first-order valence-electron chi connectivity index (χ1n) is 14.2. The van der Waals surface area contributed by atoms with Crippen molar-refractivity contribution in [1.82, 2.24) is 5.32 Å². The number of ether oxygens (including phenoxy) is 2. The summed E-state index contributed by atoms with van der Waals surface area (Å²) in [5.74, 6) is -3.74. The predicted molar refractivity (Wildman–Crippen MR) is 149 cm³/mol. The molecule has 9 atom stereocenters. The zero-order valence-corrected chi connectivity index (χ0v) is 25.0. The minimum absolute atomic E-state index is 0.191. The number of aliphatic hydroxyl groups is 2. The quantitative estimate of drug-likeness (QED) is 0.324. The Labute approximate surface area is 252 Å². The average molecular weight is 629 g/mol. The summed E-state index contributed by atoms with van der Waals surface area (Å²) in [5.41, 5.74) is -1.47. The molecule has 5 rings (SSSR count). The number of anilines is 1. The number of benzene rings is 1. The first kappa shape index (κ1) is 31.8. The maximum atomic E-state index is 13.8. The molecule has 9 nitrogen and oxygen atoms in total. The zero-order chi connectivity index (χ0) is 31.6. The highest BCUT2D eigenvalue weighted by atomic mass is 35.5. The SMILES string of the molecule is C=C(C)[C@@H]1CC[C@@H](C)[C@@]2(O)[C@@H]1C=C(C)[C@@H](OC(=O)CC(F)(F)F)[C@@H]2OC(=O)[C@@H]1C[C@@]2(O)c3cccc(Cl)c3N(C)O[C@H]2N1. The first-order valence-corrected chi connectivity index (χ1v) is 14.6. The Morgan fingerprint density at radius 1 is 1.26 bits per heavy atom. The number of rotatable bonds is 5. The van der Waals surface area contributed by atoms with Gasteiger partial charge in [0.1, 0.15) is 23.7 Å². The summed E-state index contributed by atoms with van der Waals surface area (Å²) in [6.07, 6.45) is -8.02. The molecule has 43 heavy (non-hydrogen) atoms. The van der Waals surface area contributed by atoms with E-state index in [4.69, 9.17) is 25.9 Å². The number of nitrogens with one attached hydrogen (secondary N) is 1. The number of carbonyl (C=O) groups is 2. The minimum atomic E-state index is -4.82. The maximum Gasteiger partial charge on any atom is 0.399 e. The van der Waals surface area contributed by atoms with Gasteiger partial charge in [0, 0.05) is 24.9 Å². The monoisotopic (exact) mass is 628 g/mol. The van der Waals surface area contributed by atoms with Gasteiger partial charge in [0.2, 0.25) is 0 Å². The van der Waals surface area contributed by atoms with Crippen molar-refractivity contribution < 1.29 is 47.3 Å². The van der Waals surface area contributed by atoms with Gasteiger partial charge in [-0.05, 0) is 50.2 Å². The van der Waals surface area contributed by atoms with Gasteiger partial charge in [-0.2, -0.15) is 13.2 Å². The van der Waals surface area contributed by atoms with Crippen molar-refractivity contribution in [3.8, 4) is 0 Å². The summed E-state index contributed by atoms with van der Waals surface area (Å²) < 4.78 is 50.4. The van der Waals surface area contributed by atoms with Crippen LogP contribution in [-0.2, 0) is 29.5 Å². The van der Waals surface area contributed by atoms with Crippen LogP contribution in [0, 0.1) is 17.8 Å². The lowest BCUT2D eigenvalue weighted by molar-refractivity contribution is -0.224. The number of hydroxylamine groups is 1. The molecule has 1 aromatic rings. The molecule has 4 aliphatic rings. The van der Waals surface area contributed by atoms with Gasteiger partial charge in [-0.3, -0.25) is 24.8 Å². The zero-order valence-electron chi connectivity index (χ0n) is 24.3. The van der Waals surface area contributed by atoms with Crippen LogP contribution in [-0.4, -0.2) is 65.5 Å². The number of carbonyl (C=O) groups excluding carboxylic acids is 2. The third kappa shape index (κ3) is 5.45. The third-order valence-corrected chi connectivity index (χ3v) is 9.69.